The fourth-order valence-corrected chi connectivity index (χ4v) is 2.08. The van der Waals surface area contributed by atoms with Gasteiger partial charge in [-0.15, -0.1) is 0 Å². The molecule has 0 aromatic rings. The number of hydrogen-bond donors (Lipinski definition) is 3. The third kappa shape index (κ3) is 3.98. The zero-order chi connectivity index (χ0) is 13.8. The fourth-order valence-electron chi connectivity index (χ4n) is 2.08. The van der Waals surface area contributed by atoms with Crippen LogP contribution in [0, 0.1) is 5.92 Å². The van der Waals surface area contributed by atoms with Crippen LogP contribution in [0.2, 0.25) is 0 Å². The number of nitrogens with one attached hydrogen (secondary N) is 1. The summed E-state index contributed by atoms with van der Waals surface area (Å²) in [5.41, 5.74) is 5.27. The monoisotopic (exact) mass is 256 g/mol. The quantitative estimate of drug-likeness (QED) is 0.639. The Hall–Kier alpha value is -1.10. The number of carboxylic acid groups (broad SMARTS) is 1. The van der Waals surface area contributed by atoms with Crippen molar-refractivity contribution in [3.05, 3.63) is 0 Å². The standard InChI is InChI=1S/C13H24N2O3/c1-9(11(16)17)5-3-6-10(2)15-12(18)13(14)7-4-8-13/h9-10H,3-8,14H2,1-2H3,(H,15,18)(H,16,17). The number of aliphatic carboxylic acids is 1. The van der Waals surface area contributed by atoms with Crippen LogP contribution in [0.15, 0.2) is 0 Å². The van der Waals surface area contributed by atoms with Gasteiger partial charge in [0.1, 0.15) is 0 Å². The number of carbonyl (C=O) groups excluding carboxylic acids is 1. The molecule has 0 saturated heterocycles. The Morgan fingerprint density at radius 2 is 1.94 bits per heavy atom. The van der Waals surface area contributed by atoms with Gasteiger partial charge in [-0.1, -0.05) is 13.3 Å². The maximum atomic E-state index is 11.8. The van der Waals surface area contributed by atoms with Crippen LogP contribution in [0.1, 0.15) is 52.4 Å². The molecule has 0 heterocycles. The molecule has 1 rings (SSSR count). The third-order valence-corrected chi connectivity index (χ3v) is 3.77. The fraction of sp³-hybridized carbons (Fsp3) is 0.846. The average molecular weight is 256 g/mol. The summed E-state index contributed by atoms with van der Waals surface area (Å²) in [5.74, 6) is -1.14. The first-order chi connectivity index (χ1) is 8.35. The number of nitrogens with two attached hydrogens (primary N) is 1. The van der Waals surface area contributed by atoms with E-state index in [0.717, 1.165) is 32.1 Å². The molecule has 0 spiro atoms. The lowest BCUT2D eigenvalue weighted by molar-refractivity contribution is -0.141. The predicted octanol–water partition coefficient (Wildman–Crippen LogP) is 1.26. The van der Waals surface area contributed by atoms with Crippen LogP contribution < -0.4 is 11.1 Å². The van der Waals surface area contributed by atoms with Crippen LogP contribution in [-0.2, 0) is 9.59 Å². The van der Waals surface area contributed by atoms with E-state index in [1.807, 2.05) is 6.92 Å². The number of carboxylic acids is 1. The minimum atomic E-state index is -0.762. The summed E-state index contributed by atoms with van der Waals surface area (Å²) in [4.78, 5) is 22.5. The van der Waals surface area contributed by atoms with E-state index in [9.17, 15) is 9.59 Å². The summed E-state index contributed by atoms with van der Waals surface area (Å²) in [5, 5.41) is 11.7. The van der Waals surface area contributed by atoms with E-state index in [1.54, 1.807) is 6.92 Å². The molecule has 0 bridgehead atoms. The lowest BCUT2D eigenvalue weighted by Gasteiger charge is -2.37. The molecule has 1 aliphatic carbocycles. The van der Waals surface area contributed by atoms with Gasteiger partial charge in [-0.3, -0.25) is 9.59 Å². The third-order valence-electron chi connectivity index (χ3n) is 3.77. The van der Waals surface area contributed by atoms with E-state index >= 15 is 0 Å². The van der Waals surface area contributed by atoms with E-state index in [1.165, 1.54) is 0 Å². The Kier molecular flexibility index (Phi) is 5.14. The smallest absolute Gasteiger partial charge is 0.306 e. The number of carbonyl (C=O) groups is 2. The number of amides is 1. The molecule has 0 aromatic heterocycles. The van der Waals surface area contributed by atoms with Crippen molar-refractivity contribution in [1.82, 2.24) is 5.32 Å². The minimum Gasteiger partial charge on any atom is -0.481 e. The average Bonchev–Trinajstić information content (AvgIpc) is 2.25. The lowest BCUT2D eigenvalue weighted by atomic mass is 9.77. The van der Waals surface area contributed by atoms with Gasteiger partial charge >= 0.3 is 5.97 Å². The number of hydrogen-bond acceptors (Lipinski definition) is 3. The molecule has 0 aliphatic heterocycles. The van der Waals surface area contributed by atoms with Crippen LogP contribution in [0.3, 0.4) is 0 Å². The summed E-state index contributed by atoms with van der Waals surface area (Å²) in [6.45, 7) is 3.64. The van der Waals surface area contributed by atoms with E-state index in [0.29, 0.717) is 6.42 Å². The van der Waals surface area contributed by atoms with Crippen LogP contribution in [-0.4, -0.2) is 28.6 Å². The van der Waals surface area contributed by atoms with Crippen molar-refractivity contribution in [3.63, 3.8) is 0 Å². The first-order valence-electron chi connectivity index (χ1n) is 6.68. The SMILES string of the molecule is CC(CCCC(C)C(=O)O)NC(=O)C1(N)CCC1. The van der Waals surface area contributed by atoms with Gasteiger partial charge in [0.25, 0.3) is 0 Å². The molecule has 104 valence electrons. The normalized spacial score (nSPS) is 20.6. The van der Waals surface area contributed by atoms with Gasteiger partial charge in [-0.25, -0.2) is 0 Å². The van der Waals surface area contributed by atoms with E-state index in [2.05, 4.69) is 5.32 Å². The molecular weight excluding hydrogens is 232 g/mol. The minimum absolute atomic E-state index is 0.0551. The summed E-state index contributed by atoms with van der Waals surface area (Å²) >= 11 is 0. The Balaban J connectivity index is 2.19. The largest absolute Gasteiger partial charge is 0.481 e. The van der Waals surface area contributed by atoms with Crippen molar-refractivity contribution in [2.75, 3.05) is 0 Å². The van der Waals surface area contributed by atoms with Crippen LogP contribution in [0.4, 0.5) is 0 Å². The van der Waals surface area contributed by atoms with Gasteiger partial charge in [-0.2, -0.15) is 0 Å². The van der Waals surface area contributed by atoms with Gasteiger partial charge in [-0.05, 0) is 39.0 Å². The molecule has 1 aliphatic rings. The van der Waals surface area contributed by atoms with E-state index in [-0.39, 0.29) is 17.9 Å². The van der Waals surface area contributed by atoms with Gasteiger partial charge in [0.15, 0.2) is 0 Å². The van der Waals surface area contributed by atoms with Crippen molar-refractivity contribution < 1.29 is 14.7 Å². The van der Waals surface area contributed by atoms with Gasteiger partial charge in [0, 0.05) is 6.04 Å². The highest BCUT2D eigenvalue weighted by Gasteiger charge is 2.40. The molecule has 1 amide bonds. The molecule has 2 atom stereocenters. The highest BCUT2D eigenvalue weighted by atomic mass is 16.4. The van der Waals surface area contributed by atoms with Crippen LogP contribution in [0.5, 0.6) is 0 Å². The van der Waals surface area contributed by atoms with Crippen molar-refractivity contribution in [1.29, 1.82) is 0 Å². The zero-order valence-electron chi connectivity index (χ0n) is 11.2. The van der Waals surface area contributed by atoms with Crippen molar-refractivity contribution in [3.8, 4) is 0 Å². The van der Waals surface area contributed by atoms with E-state index in [4.69, 9.17) is 10.8 Å². The van der Waals surface area contributed by atoms with Crippen molar-refractivity contribution in [2.45, 2.75) is 64.0 Å². The lowest BCUT2D eigenvalue weighted by Crippen LogP contribution is -2.59. The molecule has 1 fully saturated rings. The van der Waals surface area contributed by atoms with Crippen molar-refractivity contribution >= 4 is 11.9 Å². The molecule has 4 N–H and O–H groups in total. The Labute approximate surface area is 108 Å². The Bertz CT molecular complexity index is 313. The Morgan fingerprint density at radius 3 is 2.39 bits per heavy atom. The molecule has 0 radical (unpaired) electrons. The maximum absolute atomic E-state index is 11.8. The summed E-state index contributed by atoms with van der Waals surface area (Å²) < 4.78 is 0. The predicted molar refractivity (Wildman–Crippen MR) is 69.0 cm³/mol. The van der Waals surface area contributed by atoms with Crippen LogP contribution in [0.25, 0.3) is 0 Å². The second-order valence-corrected chi connectivity index (χ2v) is 5.55. The zero-order valence-corrected chi connectivity index (χ0v) is 11.2. The maximum Gasteiger partial charge on any atom is 0.306 e. The molecule has 2 unspecified atom stereocenters. The highest BCUT2D eigenvalue weighted by Crippen LogP contribution is 2.29. The van der Waals surface area contributed by atoms with Crippen LogP contribution >= 0.6 is 0 Å². The Morgan fingerprint density at radius 1 is 1.33 bits per heavy atom. The van der Waals surface area contributed by atoms with Gasteiger partial charge in [0.2, 0.25) is 5.91 Å². The molecule has 0 aromatic carbocycles. The topological polar surface area (TPSA) is 92.4 Å². The highest BCUT2D eigenvalue weighted by molar-refractivity contribution is 5.87. The molecule has 1 saturated carbocycles. The second-order valence-electron chi connectivity index (χ2n) is 5.55. The first kappa shape index (κ1) is 15.0. The second kappa shape index (κ2) is 6.18. The summed E-state index contributed by atoms with van der Waals surface area (Å²) in [6, 6.07) is 0.0551. The molecule has 5 nitrogen and oxygen atoms in total. The number of rotatable bonds is 7. The van der Waals surface area contributed by atoms with Gasteiger partial charge in [0.05, 0.1) is 11.5 Å². The molecular formula is C13H24N2O3. The first-order valence-corrected chi connectivity index (χ1v) is 6.68. The van der Waals surface area contributed by atoms with Gasteiger partial charge < -0.3 is 16.2 Å². The van der Waals surface area contributed by atoms with Crippen molar-refractivity contribution in [2.24, 2.45) is 11.7 Å². The molecule has 18 heavy (non-hydrogen) atoms. The summed E-state index contributed by atoms with van der Waals surface area (Å²) in [7, 11) is 0. The summed E-state index contributed by atoms with van der Waals surface area (Å²) in [6.07, 6.45) is 4.78. The molecule has 5 heteroatoms. The van der Waals surface area contributed by atoms with E-state index < -0.39 is 11.5 Å².